The number of aromatic nitrogens is 3. The van der Waals surface area contributed by atoms with Gasteiger partial charge >= 0.3 is 5.97 Å². The summed E-state index contributed by atoms with van der Waals surface area (Å²) in [5.41, 5.74) is 1.98. The standard InChI is InChI=1S/C32H36F2N6O3/c1-18-11-24(36-19(2)25(18)29(42)43)38-9-10-40(31(5,6)16-38)28(41)23-13-35-27-26(37-23)32(14-30(3,4)15-32)17-39(27)20-7-8-21(33)22(34)12-20/h7-8,11-13H,9-10,14-17H2,1-6H3,(H,42,43). The second-order valence-electron chi connectivity index (χ2n) is 13.7. The SMILES string of the molecule is Cc1cc(N2CCN(C(=O)c3cnc4c(n3)C3(CN4c4ccc(F)c(F)c4)CC(C)(C)C3)C(C)(C)C2)nc(C)c1C(=O)O. The number of aromatic carboxylic acids is 1. The molecule has 0 radical (unpaired) electrons. The minimum absolute atomic E-state index is 0.0920. The summed E-state index contributed by atoms with van der Waals surface area (Å²) in [5, 5.41) is 9.52. The lowest BCUT2D eigenvalue weighted by molar-refractivity contribution is 0.0501. The topological polar surface area (TPSA) is 103 Å². The highest BCUT2D eigenvalue weighted by Crippen LogP contribution is 2.60. The van der Waals surface area contributed by atoms with Crippen molar-refractivity contribution in [3.8, 4) is 0 Å². The fourth-order valence-electron chi connectivity index (χ4n) is 7.58. The van der Waals surface area contributed by atoms with E-state index >= 15 is 0 Å². The van der Waals surface area contributed by atoms with Crippen molar-refractivity contribution in [1.29, 1.82) is 0 Å². The number of aryl methyl sites for hydroxylation is 2. The molecule has 0 atom stereocenters. The molecule has 0 bridgehead atoms. The van der Waals surface area contributed by atoms with Gasteiger partial charge in [0.15, 0.2) is 17.5 Å². The van der Waals surface area contributed by atoms with Gasteiger partial charge in [-0.2, -0.15) is 0 Å². The van der Waals surface area contributed by atoms with Gasteiger partial charge in [0.1, 0.15) is 11.5 Å². The minimum atomic E-state index is -1.000. The van der Waals surface area contributed by atoms with E-state index in [1.807, 2.05) is 23.6 Å². The second-order valence-corrected chi connectivity index (χ2v) is 13.7. The molecule has 4 heterocycles. The van der Waals surface area contributed by atoms with Gasteiger partial charge in [0, 0.05) is 43.3 Å². The van der Waals surface area contributed by atoms with Crippen molar-refractivity contribution in [2.24, 2.45) is 5.41 Å². The van der Waals surface area contributed by atoms with E-state index in [9.17, 15) is 23.5 Å². The van der Waals surface area contributed by atoms with Crippen molar-refractivity contribution in [3.05, 3.63) is 70.3 Å². The van der Waals surface area contributed by atoms with Gasteiger partial charge < -0.3 is 19.8 Å². The van der Waals surface area contributed by atoms with Gasteiger partial charge in [-0.05, 0) is 69.7 Å². The Morgan fingerprint density at radius 2 is 1.67 bits per heavy atom. The number of carbonyl (C=O) groups is 2. The monoisotopic (exact) mass is 590 g/mol. The quantitative estimate of drug-likeness (QED) is 0.430. The van der Waals surface area contributed by atoms with Crippen molar-refractivity contribution >= 4 is 29.2 Å². The Labute approximate surface area is 249 Å². The van der Waals surface area contributed by atoms with Gasteiger partial charge in [-0.1, -0.05) is 13.8 Å². The maximum Gasteiger partial charge on any atom is 0.337 e. The first-order chi connectivity index (χ1) is 20.1. The number of anilines is 3. The largest absolute Gasteiger partial charge is 0.478 e. The number of pyridine rings is 1. The van der Waals surface area contributed by atoms with E-state index in [-0.39, 0.29) is 28.0 Å². The van der Waals surface area contributed by atoms with E-state index in [2.05, 4.69) is 23.7 Å². The summed E-state index contributed by atoms with van der Waals surface area (Å²) in [6, 6.07) is 5.62. The molecule has 1 N–H and O–H groups in total. The molecule has 2 aliphatic heterocycles. The predicted octanol–water partition coefficient (Wildman–Crippen LogP) is 5.42. The molecule has 11 heteroatoms. The molecule has 43 heavy (non-hydrogen) atoms. The molecule has 2 fully saturated rings. The third kappa shape index (κ3) is 4.78. The van der Waals surface area contributed by atoms with Crippen LogP contribution in [0.4, 0.5) is 26.1 Å². The average Bonchev–Trinajstić information content (AvgIpc) is 3.21. The van der Waals surface area contributed by atoms with Gasteiger partial charge in [-0.15, -0.1) is 0 Å². The zero-order chi connectivity index (χ0) is 31.1. The zero-order valence-corrected chi connectivity index (χ0v) is 25.3. The van der Waals surface area contributed by atoms with Gasteiger partial charge in [-0.3, -0.25) is 4.79 Å². The molecule has 9 nitrogen and oxygen atoms in total. The van der Waals surface area contributed by atoms with Crippen LogP contribution in [0.3, 0.4) is 0 Å². The lowest BCUT2D eigenvalue weighted by atomic mass is 9.54. The molecule has 0 unspecified atom stereocenters. The van der Waals surface area contributed by atoms with Crippen LogP contribution in [0.2, 0.25) is 0 Å². The van der Waals surface area contributed by atoms with Gasteiger partial charge in [0.05, 0.1) is 28.7 Å². The molecular formula is C32H36F2N6O3. The first-order valence-corrected chi connectivity index (χ1v) is 14.5. The van der Waals surface area contributed by atoms with Crippen LogP contribution < -0.4 is 9.80 Å². The third-order valence-corrected chi connectivity index (χ3v) is 9.11. The maximum atomic E-state index is 14.2. The third-order valence-electron chi connectivity index (χ3n) is 9.11. The van der Waals surface area contributed by atoms with Crippen LogP contribution in [0.1, 0.15) is 78.3 Å². The zero-order valence-electron chi connectivity index (χ0n) is 25.3. The number of hydrogen-bond donors (Lipinski definition) is 1. The lowest BCUT2D eigenvalue weighted by Gasteiger charge is -2.51. The number of nitrogens with zero attached hydrogens (tertiary/aromatic N) is 6. The molecule has 1 aromatic carbocycles. The second kappa shape index (κ2) is 9.68. The van der Waals surface area contributed by atoms with E-state index in [0.29, 0.717) is 54.8 Å². The number of piperazine rings is 1. The van der Waals surface area contributed by atoms with Crippen molar-refractivity contribution in [3.63, 3.8) is 0 Å². The van der Waals surface area contributed by atoms with Gasteiger partial charge in [-0.25, -0.2) is 28.5 Å². The van der Waals surface area contributed by atoms with E-state index in [0.717, 1.165) is 24.6 Å². The Balaban J connectivity index is 1.28. The number of amides is 1. The Kier molecular flexibility index (Phi) is 6.52. The van der Waals surface area contributed by atoms with Crippen LogP contribution in [-0.4, -0.2) is 68.6 Å². The molecule has 1 saturated heterocycles. The highest BCUT2D eigenvalue weighted by atomic mass is 19.2. The molecule has 1 amide bonds. The summed E-state index contributed by atoms with van der Waals surface area (Å²) < 4.78 is 27.9. The van der Waals surface area contributed by atoms with E-state index in [4.69, 9.17) is 9.97 Å². The highest BCUT2D eigenvalue weighted by molar-refractivity contribution is 5.93. The van der Waals surface area contributed by atoms with Crippen molar-refractivity contribution in [2.45, 2.75) is 65.3 Å². The molecule has 6 rings (SSSR count). The van der Waals surface area contributed by atoms with E-state index < -0.39 is 23.1 Å². The maximum absolute atomic E-state index is 14.2. The first-order valence-electron chi connectivity index (χ1n) is 14.5. The Bertz CT molecular complexity index is 1640. The fourth-order valence-corrected chi connectivity index (χ4v) is 7.58. The highest BCUT2D eigenvalue weighted by Gasteiger charge is 2.57. The Hall–Kier alpha value is -4.15. The minimum Gasteiger partial charge on any atom is -0.478 e. The molecular weight excluding hydrogens is 554 g/mol. The van der Waals surface area contributed by atoms with Crippen molar-refractivity contribution in [2.75, 3.05) is 36.0 Å². The predicted molar refractivity (Wildman–Crippen MR) is 158 cm³/mol. The summed E-state index contributed by atoms with van der Waals surface area (Å²) in [7, 11) is 0. The number of carboxylic acid groups (broad SMARTS) is 1. The lowest BCUT2D eigenvalue weighted by Crippen LogP contribution is -2.61. The van der Waals surface area contributed by atoms with Crippen LogP contribution in [0.5, 0.6) is 0 Å². The Morgan fingerprint density at radius 3 is 2.28 bits per heavy atom. The number of fused-ring (bicyclic) bond motifs is 2. The van der Waals surface area contributed by atoms with Crippen molar-refractivity contribution < 1.29 is 23.5 Å². The smallest absolute Gasteiger partial charge is 0.337 e. The Morgan fingerprint density at radius 1 is 0.953 bits per heavy atom. The van der Waals surface area contributed by atoms with Crippen LogP contribution in [0, 0.1) is 30.9 Å². The fraction of sp³-hybridized carbons (Fsp3) is 0.469. The number of benzene rings is 1. The molecule has 1 spiro atoms. The van der Waals surface area contributed by atoms with E-state index in [1.54, 1.807) is 26.0 Å². The number of rotatable bonds is 4. The molecule has 1 aliphatic carbocycles. The molecule has 3 aliphatic rings. The molecule has 1 saturated carbocycles. The van der Waals surface area contributed by atoms with E-state index in [1.165, 1.54) is 12.3 Å². The molecule has 2 aromatic heterocycles. The summed E-state index contributed by atoms with van der Waals surface area (Å²) in [4.78, 5) is 45.6. The summed E-state index contributed by atoms with van der Waals surface area (Å²) in [6.07, 6.45) is 3.17. The molecule has 226 valence electrons. The number of halogens is 2. The molecule has 3 aromatic rings. The van der Waals surface area contributed by atoms with Gasteiger partial charge in [0.25, 0.3) is 5.91 Å². The summed E-state index contributed by atoms with van der Waals surface area (Å²) >= 11 is 0. The average molecular weight is 591 g/mol. The number of hydrogen-bond acceptors (Lipinski definition) is 7. The van der Waals surface area contributed by atoms with Crippen LogP contribution >= 0.6 is 0 Å². The summed E-state index contributed by atoms with van der Waals surface area (Å²) in [5.74, 6) is -1.79. The summed E-state index contributed by atoms with van der Waals surface area (Å²) in [6.45, 7) is 13.8. The van der Waals surface area contributed by atoms with Gasteiger partial charge in [0.2, 0.25) is 0 Å². The number of carbonyl (C=O) groups excluding carboxylic acids is 1. The van der Waals surface area contributed by atoms with Crippen LogP contribution in [0.15, 0.2) is 30.5 Å². The van der Waals surface area contributed by atoms with Crippen LogP contribution in [-0.2, 0) is 5.41 Å². The van der Waals surface area contributed by atoms with Crippen molar-refractivity contribution in [1.82, 2.24) is 19.9 Å². The first kappa shape index (κ1) is 28.9. The number of carboxylic acids is 1. The normalized spacial score (nSPS) is 19.8. The van der Waals surface area contributed by atoms with Crippen LogP contribution in [0.25, 0.3) is 0 Å².